The number of aliphatic carboxylic acids is 1. The van der Waals surface area contributed by atoms with Crippen molar-refractivity contribution in [3.63, 3.8) is 0 Å². The standard InChI is InChI=1S/C23H35NO4.C23H34O5.C23H34O4.C22H33NO4.C22H34O3/c1-21-9-6-16(26)14-15(21)4-5-17-18(21)7-10-22(2)19(17)8-11-23(22,28)20(27)24-12-3-13-25;1-21-7-5-15(24)10-14(21)3-4-17-18(21)11-19(25)22(2)16(6-8-23(17,22)27)13-9-20(26)28-12-13;1-21-8-5-16(24)12-15(21)3-4-19-18(21)6-9-22(2)17(7-10-23(19,22)26)14-11-20(25)27-13-14;1-21-9-7-14(24)11-13(21)3-4-15-16-5-6-18(20(27)23-12-19(25)26)22(16,2)10-8-17(15)21;1-4-20(24)25-19-8-7-17-16-6-5-14-13-15(23)9-11-21(14,2)18(16)10-12-22(17,19)3/h14,17-19,25,28H,3-13H2,1-2H3,(H,24,27);9,14-19,24-25,27H,3-8,10-12H2,1-2H3;11,15-19,24,26H,3-10,12-13H2,1-2H3;13,15-18H,3-12H2,1-2H3,(H,23,27)(H,25,26);14,16-19H,4-13H2,1-3H3/t17?,18?,19?,21?,22?,23-;14-,15?,16?,17?,18?,19?,21?,22?,23?;15-,16?,17?,18?,19?,21?,22?,23?;13-,15?,16?,17?,18?,21?,22?;14-,16?,17?,18?,19?,21?,22?/m01111/s1. The van der Waals surface area contributed by atoms with Gasteiger partial charge in [-0.15, -0.1) is 0 Å². The third-order valence-electron chi connectivity index (χ3n) is 47.3. The number of allylic oxidation sites excluding steroid dienone is 1. The third-order valence-corrected chi connectivity index (χ3v) is 47.3. The summed E-state index contributed by atoms with van der Waals surface area (Å²) in [6.45, 7) is 26.0. The zero-order chi connectivity index (χ0) is 96.3. The van der Waals surface area contributed by atoms with Gasteiger partial charge in [-0.2, -0.15) is 0 Å². The van der Waals surface area contributed by atoms with Crippen molar-refractivity contribution in [2.75, 3.05) is 32.9 Å². The molecule has 10 N–H and O–H groups in total. The molecule has 0 saturated heterocycles. The molecule has 19 saturated carbocycles. The van der Waals surface area contributed by atoms with Crippen LogP contribution in [0, 0.1) is 173 Å². The number of esters is 3. The van der Waals surface area contributed by atoms with E-state index in [4.69, 9.17) is 24.4 Å². The molecule has 0 spiro atoms. The minimum atomic E-state index is -1.31. The van der Waals surface area contributed by atoms with Gasteiger partial charge in [-0.1, -0.05) is 81.7 Å². The summed E-state index contributed by atoms with van der Waals surface area (Å²) in [6.07, 6.45) is 47.6. The van der Waals surface area contributed by atoms with Gasteiger partial charge in [0.05, 0.1) is 29.5 Å². The number of rotatable bonds is 11. The molecule has 22 nitrogen and oxygen atoms in total. The van der Waals surface area contributed by atoms with Crippen LogP contribution in [0.5, 0.6) is 0 Å². The Morgan fingerprint density at radius 2 is 0.933 bits per heavy atom. The van der Waals surface area contributed by atoms with Crippen molar-refractivity contribution in [3.8, 4) is 0 Å². The van der Waals surface area contributed by atoms with E-state index in [0.717, 1.165) is 228 Å². The van der Waals surface area contributed by atoms with Crippen LogP contribution in [0.25, 0.3) is 0 Å². The first-order valence-corrected chi connectivity index (χ1v) is 54.7. The van der Waals surface area contributed by atoms with Crippen molar-refractivity contribution in [2.24, 2.45) is 173 Å². The number of amides is 2. The Morgan fingerprint density at radius 1 is 0.437 bits per heavy atom. The molecule has 2 heterocycles. The van der Waals surface area contributed by atoms with Crippen LogP contribution in [0.2, 0.25) is 0 Å². The van der Waals surface area contributed by atoms with E-state index in [1.54, 1.807) is 12.2 Å². The fourth-order valence-electron chi connectivity index (χ4n) is 39.3. The quantitative estimate of drug-likeness (QED) is 0.0522. The van der Waals surface area contributed by atoms with E-state index in [1.165, 1.54) is 50.5 Å². The molecule has 0 radical (unpaired) electrons. The second kappa shape index (κ2) is 36.9. The summed E-state index contributed by atoms with van der Waals surface area (Å²) in [4.78, 5) is 107. The van der Waals surface area contributed by atoms with E-state index in [0.29, 0.717) is 164 Å². The van der Waals surface area contributed by atoms with Gasteiger partial charge in [0.2, 0.25) is 5.91 Å². The van der Waals surface area contributed by atoms with Gasteiger partial charge in [-0.25, -0.2) is 9.59 Å². The molecule has 752 valence electrons. The summed E-state index contributed by atoms with van der Waals surface area (Å²) in [7, 11) is 0. The number of fused-ring (bicyclic) bond motifs is 25. The Bertz CT molecular complexity index is 4650. The lowest BCUT2D eigenvalue weighted by molar-refractivity contribution is -0.245. The maximum atomic E-state index is 12.9. The highest BCUT2D eigenvalue weighted by Gasteiger charge is 2.74. The molecule has 0 bridgehead atoms. The van der Waals surface area contributed by atoms with E-state index in [1.807, 2.05) is 19.9 Å². The number of ether oxygens (including phenoxy) is 3. The fraction of sp³-hybridized carbons (Fsp3) is 0.867. The zero-order valence-corrected chi connectivity index (χ0v) is 83.9. The number of nitrogens with one attached hydrogen (secondary N) is 2. The van der Waals surface area contributed by atoms with Gasteiger partial charge in [-0.3, -0.25) is 33.6 Å². The summed E-state index contributed by atoms with van der Waals surface area (Å²) in [5.74, 6) is 8.86. The maximum Gasteiger partial charge on any atom is 0.331 e. The van der Waals surface area contributed by atoms with E-state index in [-0.39, 0.29) is 129 Å². The number of hydrogen-bond acceptors (Lipinski definition) is 19. The van der Waals surface area contributed by atoms with Gasteiger partial charge >= 0.3 is 23.9 Å². The molecule has 0 aromatic carbocycles. The van der Waals surface area contributed by atoms with Crippen molar-refractivity contribution < 1.29 is 98.2 Å². The lowest BCUT2D eigenvalue weighted by Gasteiger charge is -2.64. The van der Waals surface area contributed by atoms with Gasteiger partial charge in [0, 0.05) is 91.4 Å². The number of cyclic esters (lactones) is 2. The number of aliphatic hydroxyl groups excluding tert-OH is 4. The van der Waals surface area contributed by atoms with Crippen LogP contribution < -0.4 is 10.6 Å². The minimum Gasteiger partial charge on any atom is -0.480 e. The summed E-state index contributed by atoms with van der Waals surface area (Å²) in [5, 5.41) is 90.9. The van der Waals surface area contributed by atoms with Crippen LogP contribution in [0.3, 0.4) is 0 Å². The van der Waals surface area contributed by atoms with Crippen LogP contribution in [0.1, 0.15) is 365 Å². The molecule has 22 rings (SSSR count). The Morgan fingerprint density at radius 3 is 1.53 bits per heavy atom. The zero-order valence-electron chi connectivity index (χ0n) is 83.9. The predicted octanol–water partition coefficient (Wildman–Crippen LogP) is 17.3. The Kier molecular flexibility index (Phi) is 27.3. The summed E-state index contributed by atoms with van der Waals surface area (Å²) in [6, 6.07) is 0. The molecular formula is C113H170N2O20. The molecule has 2 aliphatic heterocycles. The lowest BCUT2D eigenvalue weighted by Crippen LogP contribution is -2.67. The van der Waals surface area contributed by atoms with Gasteiger partial charge in [0.25, 0.3) is 5.91 Å². The lowest BCUT2D eigenvalue weighted by atomic mass is 9.42. The Labute approximate surface area is 804 Å². The number of carboxylic acids is 1. The largest absolute Gasteiger partial charge is 0.480 e. The fourth-order valence-corrected chi connectivity index (χ4v) is 39.3. The average Bonchev–Trinajstić information content (AvgIpc) is 1.58. The number of aliphatic hydroxyl groups is 7. The number of Topliss-reactive ketones (excluding diaryl/α,β-unsaturated/α-hetero) is 2. The minimum absolute atomic E-state index is 0.00129. The van der Waals surface area contributed by atoms with Crippen LogP contribution in [0.15, 0.2) is 34.9 Å². The predicted molar refractivity (Wildman–Crippen MR) is 509 cm³/mol. The van der Waals surface area contributed by atoms with Crippen molar-refractivity contribution in [1.29, 1.82) is 0 Å². The molecule has 19 fully saturated rings. The van der Waals surface area contributed by atoms with E-state index >= 15 is 0 Å². The number of carbonyl (C=O) groups is 9. The molecule has 135 heavy (non-hydrogen) atoms. The number of carboxylic acid groups (broad SMARTS) is 1. The van der Waals surface area contributed by atoms with Gasteiger partial charge in [-0.05, 0) is 413 Å². The van der Waals surface area contributed by atoms with Crippen LogP contribution in [-0.4, -0.2) is 168 Å². The monoisotopic (exact) mass is 1880 g/mol. The highest BCUT2D eigenvalue weighted by molar-refractivity contribution is 5.92. The highest BCUT2D eigenvalue weighted by Crippen LogP contribution is 2.76. The maximum absolute atomic E-state index is 12.9. The first-order valence-electron chi connectivity index (χ1n) is 54.7. The molecule has 22 heteroatoms. The van der Waals surface area contributed by atoms with Crippen molar-refractivity contribution in [2.45, 2.75) is 406 Å². The van der Waals surface area contributed by atoms with Gasteiger partial charge < -0.3 is 65.7 Å². The van der Waals surface area contributed by atoms with E-state index in [2.05, 4.69) is 72.9 Å². The molecule has 32 unspecified atom stereocenters. The summed E-state index contributed by atoms with van der Waals surface area (Å²) in [5.41, 5.74) is 0.703. The van der Waals surface area contributed by atoms with E-state index < -0.39 is 34.3 Å². The third kappa shape index (κ3) is 16.3. The van der Waals surface area contributed by atoms with Crippen LogP contribution >= 0.6 is 0 Å². The van der Waals surface area contributed by atoms with Gasteiger partial charge in [0.1, 0.15) is 43.0 Å². The first-order chi connectivity index (χ1) is 63.9. The molecule has 0 aromatic rings. The Balaban J connectivity index is 0.000000113. The van der Waals surface area contributed by atoms with Crippen molar-refractivity contribution in [1.82, 2.24) is 10.6 Å². The number of carbonyl (C=O) groups excluding carboxylic acids is 8. The van der Waals surface area contributed by atoms with Crippen LogP contribution in [-0.2, 0) is 57.4 Å². The second-order valence-corrected chi connectivity index (χ2v) is 51.7. The molecule has 37 atom stereocenters. The van der Waals surface area contributed by atoms with E-state index in [9.17, 15) is 73.8 Å². The molecule has 22 aliphatic rings. The smallest absolute Gasteiger partial charge is 0.331 e. The average molecular weight is 1880 g/mol. The number of ketones is 3. The van der Waals surface area contributed by atoms with Crippen molar-refractivity contribution >= 4 is 53.0 Å². The SMILES string of the molecule is CC12CCC(=O)C=C1CCC1C2CCC2(C)C1CC[C@]2(O)C(=O)NCCCO.CC12CCC(O)C[C@H]1CCC1C2CC(O)C2(C)C(C3=CC(=O)OC3)CCC12O.CC12CCC(O)C[C@H]1CCC1C2CCC2(C)C(C3=CC(=O)OC3)CCC12O.CC12CCC3C(CC[C@@H]4CC(=O)CCC34C)C1CCC2C(=O)NCC(=O)O.CCC(=O)OC1CCC2C3CC[C@@H]4CC(=O)CCC4(C)C3CCC12C. The highest BCUT2D eigenvalue weighted by atomic mass is 16.5. The van der Waals surface area contributed by atoms with Gasteiger partial charge in [0.15, 0.2) is 5.78 Å². The normalized spacial score (nSPS) is 50.1. The van der Waals surface area contributed by atoms with Crippen LogP contribution in [0.4, 0.5) is 0 Å². The molecule has 0 aromatic heterocycles. The van der Waals surface area contributed by atoms with Crippen molar-refractivity contribution in [3.05, 3.63) is 34.9 Å². The second-order valence-electron chi connectivity index (χ2n) is 51.7. The molecule has 20 aliphatic carbocycles. The molecule has 2 amide bonds. The summed E-state index contributed by atoms with van der Waals surface area (Å²) < 4.78 is 16.2. The topological polar surface area (TPSA) is 367 Å². The molecular weight excluding hydrogens is 1710 g/mol. The summed E-state index contributed by atoms with van der Waals surface area (Å²) >= 11 is 0. The Hall–Kier alpha value is -5.23. The number of hydrogen-bond donors (Lipinski definition) is 10. The first kappa shape index (κ1) is 99.9.